The van der Waals surface area contributed by atoms with Crippen LogP contribution in [0.1, 0.15) is 73.6 Å². The molecule has 1 fully saturated rings. The third-order valence-electron chi connectivity index (χ3n) is 4.84. The van der Waals surface area contributed by atoms with Crippen molar-refractivity contribution in [3.8, 4) is 0 Å². The molecular weight excluding hydrogens is 260 g/mol. The summed E-state index contributed by atoms with van der Waals surface area (Å²) in [4.78, 5) is 12.3. The van der Waals surface area contributed by atoms with E-state index in [-0.39, 0.29) is 17.4 Å². The molecule has 1 aliphatic rings. The van der Waals surface area contributed by atoms with Gasteiger partial charge in [-0.3, -0.25) is 4.79 Å². The second-order valence-corrected chi connectivity index (χ2v) is 8.99. The number of hydrogen-bond acceptors (Lipinski definition) is 2. The fourth-order valence-corrected chi connectivity index (χ4v) is 3.45. The lowest BCUT2D eigenvalue weighted by molar-refractivity contribution is -0.126. The highest BCUT2D eigenvalue weighted by atomic mass is 16.2. The monoisotopic (exact) mass is 296 g/mol. The molecule has 1 aliphatic carbocycles. The first-order valence-electron chi connectivity index (χ1n) is 8.55. The van der Waals surface area contributed by atoms with Gasteiger partial charge in [-0.25, -0.2) is 0 Å². The van der Waals surface area contributed by atoms with Gasteiger partial charge in [0, 0.05) is 12.1 Å². The normalized spacial score (nSPS) is 25.5. The molecule has 0 aromatic carbocycles. The van der Waals surface area contributed by atoms with E-state index in [2.05, 4.69) is 26.1 Å². The van der Waals surface area contributed by atoms with E-state index in [1.807, 2.05) is 20.8 Å². The minimum Gasteiger partial charge on any atom is -0.351 e. The summed E-state index contributed by atoms with van der Waals surface area (Å²) in [5, 5.41) is 3.07. The third kappa shape index (κ3) is 6.37. The predicted molar refractivity (Wildman–Crippen MR) is 90.0 cm³/mol. The molecule has 1 saturated carbocycles. The number of carbonyl (C=O) groups is 1. The molecule has 1 atom stereocenters. The smallest absolute Gasteiger partial charge is 0.224 e. The maximum absolute atomic E-state index is 12.3. The average Bonchev–Trinajstić information content (AvgIpc) is 2.33. The lowest BCUT2D eigenvalue weighted by atomic mass is 9.68. The Kier molecular flexibility index (Phi) is 6.27. The Morgan fingerprint density at radius 3 is 2.00 bits per heavy atom. The van der Waals surface area contributed by atoms with E-state index in [1.54, 1.807) is 0 Å². The van der Waals surface area contributed by atoms with E-state index in [0.717, 1.165) is 12.3 Å². The minimum atomic E-state index is -0.172. The van der Waals surface area contributed by atoms with Gasteiger partial charge in [0.15, 0.2) is 0 Å². The van der Waals surface area contributed by atoms with Crippen LogP contribution in [0.5, 0.6) is 0 Å². The summed E-state index contributed by atoms with van der Waals surface area (Å²) in [5.74, 6) is 1.60. The summed E-state index contributed by atoms with van der Waals surface area (Å²) in [7, 11) is 0. The molecule has 0 bridgehead atoms. The number of nitrogens with one attached hydrogen (secondary N) is 1. The van der Waals surface area contributed by atoms with Crippen molar-refractivity contribution in [1.29, 1.82) is 0 Å². The minimum absolute atomic E-state index is 0.0274. The standard InChI is InChI=1S/C18H36N2O/c1-17(2,3)15-9-7-13(8-10-15)11-14(12-19)16(21)20-18(4,5)6/h13-15H,7-12,19H2,1-6H3,(H,20,21). The molecule has 0 spiro atoms. The van der Waals surface area contributed by atoms with Gasteiger partial charge in [-0.05, 0) is 57.3 Å². The van der Waals surface area contributed by atoms with E-state index in [4.69, 9.17) is 5.73 Å². The van der Waals surface area contributed by atoms with Crippen LogP contribution in [0.4, 0.5) is 0 Å². The second-order valence-electron chi connectivity index (χ2n) is 8.99. The van der Waals surface area contributed by atoms with Crippen LogP contribution in [0.3, 0.4) is 0 Å². The topological polar surface area (TPSA) is 55.1 Å². The molecular formula is C18H36N2O. The van der Waals surface area contributed by atoms with Crippen molar-refractivity contribution in [2.24, 2.45) is 28.9 Å². The van der Waals surface area contributed by atoms with Crippen molar-refractivity contribution < 1.29 is 4.79 Å². The molecule has 0 aromatic rings. The van der Waals surface area contributed by atoms with Gasteiger partial charge in [0.25, 0.3) is 0 Å². The highest BCUT2D eigenvalue weighted by molar-refractivity contribution is 5.79. The first-order valence-corrected chi connectivity index (χ1v) is 8.55. The summed E-state index contributed by atoms with van der Waals surface area (Å²) in [6, 6.07) is 0. The molecule has 0 aromatic heterocycles. The van der Waals surface area contributed by atoms with Gasteiger partial charge in [0.1, 0.15) is 0 Å². The Bertz CT molecular complexity index is 330. The average molecular weight is 296 g/mol. The Hall–Kier alpha value is -0.570. The number of amides is 1. The quantitative estimate of drug-likeness (QED) is 0.830. The third-order valence-corrected chi connectivity index (χ3v) is 4.84. The van der Waals surface area contributed by atoms with Gasteiger partial charge in [-0.15, -0.1) is 0 Å². The summed E-state index contributed by atoms with van der Waals surface area (Å²) in [6.07, 6.45) is 6.05. The number of hydrogen-bond donors (Lipinski definition) is 2. The van der Waals surface area contributed by atoms with Crippen LogP contribution in [0, 0.1) is 23.2 Å². The largest absolute Gasteiger partial charge is 0.351 e. The van der Waals surface area contributed by atoms with Crippen LogP contribution < -0.4 is 11.1 Å². The van der Waals surface area contributed by atoms with Gasteiger partial charge in [0.05, 0.1) is 5.92 Å². The Morgan fingerprint density at radius 1 is 1.10 bits per heavy atom. The number of nitrogens with two attached hydrogens (primary N) is 1. The van der Waals surface area contributed by atoms with Crippen molar-refractivity contribution >= 4 is 5.91 Å². The second kappa shape index (κ2) is 7.13. The highest BCUT2D eigenvalue weighted by Crippen LogP contribution is 2.41. The Morgan fingerprint density at radius 2 is 1.62 bits per heavy atom. The fourth-order valence-electron chi connectivity index (χ4n) is 3.45. The van der Waals surface area contributed by atoms with Gasteiger partial charge in [0.2, 0.25) is 5.91 Å². The van der Waals surface area contributed by atoms with Crippen molar-refractivity contribution in [2.75, 3.05) is 6.54 Å². The summed E-state index contributed by atoms with van der Waals surface area (Å²) < 4.78 is 0. The number of carbonyl (C=O) groups excluding carboxylic acids is 1. The van der Waals surface area contributed by atoms with Crippen molar-refractivity contribution in [2.45, 2.75) is 79.2 Å². The van der Waals surface area contributed by atoms with Crippen LogP contribution in [0.25, 0.3) is 0 Å². The maximum atomic E-state index is 12.3. The maximum Gasteiger partial charge on any atom is 0.224 e. The molecule has 3 heteroatoms. The molecule has 0 aliphatic heterocycles. The van der Waals surface area contributed by atoms with Gasteiger partial charge >= 0.3 is 0 Å². The molecule has 0 radical (unpaired) electrons. The van der Waals surface area contributed by atoms with E-state index in [1.165, 1.54) is 25.7 Å². The molecule has 3 nitrogen and oxygen atoms in total. The highest BCUT2D eigenvalue weighted by Gasteiger charge is 2.32. The lowest BCUT2D eigenvalue weighted by Crippen LogP contribution is -2.46. The molecule has 1 unspecified atom stereocenters. The summed E-state index contributed by atoms with van der Waals surface area (Å²) >= 11 is 0. The Balaban J connectivity index is 2.47. The van der Waals surface area contributed by atoms with Crippen LogP contribution in [-0.2, 0) is 4.79 Å². The van der Waals surface area contributed by atoms with E-state index in [9.17, 15) is 4.79 Å². The predicted octanol–water partition coefficient (Wildman–Crippen LogP) is 3.72. The Labute approximate surface area is 131 Å². The zero-order chi connectivity index (χ0) is 16.3. The van der Waals surface area contributed by atoms with Crippen molar-refractivity contribution in [3.05, 3.63) is 0 Å². The number of rotatable bonds is 4. The SMILES string of the molecule is CC(C)(C)NC(=O)C(CN)CC1CCC(C(C)(C)C)CC1. The molecule has 21 heavy (non-hydrogen) atoms. The summed E-state index contributed by atoms with van der Waals surface area (Å²) in [6.45, 7) is 13.6. The van der Waals surface area contributed by atoms with Gasteiger partial charge in [-0.2, -0.15) is 0 Å². The van der Waals surface area contributed by atoms with E-state index in [0.29, 0.717) is 17.9 Å². The molecule has 1 amide bonds. The first kappa shape index (κ1) is 18.5. The zero-order valence-corrected chi connectivity index (χ0v) is 15.0. The van der Waals surface area contributed by atoms with Gasteiger partial charge < -0.3 is 11.1 Å². The van der Waals surface area contributed by atoms with Crippen LogP contribution in [0.15, 0.2) is 0 Å². The molecule has 0 heterocycles. The molecule has 0 saturated heterocycles. The van der Waals surface area contributed by atoms with E-state index < -0.39 is 0 Å². The summed E-state index contributed by atoms with van der Waals surface area (Å²) in [5.41, 5.74) is 6.09. The van der Waals surface area contributed by atoms with Crippen LogP contribution in [0.2, 0.25) is 0 Å². The molecule has 1 rings (SSSR count). The first-order chi connectivity index (χ1) is 9.53. The van der Waals surface area contributed by atoms with E-state index >= 15 is 0 Å². The van der Waals surface area contributed by atoms with Crippen molar-refractivity contribution in [3.63, 3.8) is 0 Å². The molecule has 3 N–H and O–H groups in total. The van der Waals surface area contributed by atoms with Crippen molar-refractivity contribution in [1.82, 2.24) is 5.32 Å². The zero-order valence-electron chi connectivity index (χ0n) is 15.0. The van der Waals surface area contributed by atoms with Gasteiger partial charge in [-0.1, -0.05) is 33.6 Å². The fraction of sp³-hybridized carbons (Fsp3) is 0.944. The van der Waals surface area contributed by atoms with Crippen LogP contribution in [-0.4, -0.2) is 18.0 Å². The molecule has 124 valence electrons. The lowest BCUT2D eigenvalue weighted by Gasteiger charge is -2.38. The van der Waals surface area contributed by atoms with Crippen LogP contribution >= 0.6 is 0 Å².